The lowest BCUT2D eigenvalue weighted by Crippen LogP contribution is -2.08. The zero-order valence-corrected chi connectivity index (χ0v) is 13.0. The first-order chi connectivity index (χ1) is 9.34. The summed E-state index contributed by atoms with van der Waals surface area (Å²) in [5, 5.41) is 0. The highest BCUT2D eigenvalue weighted by Gasteiger charge is 2.13. The average molecular weight is 288 g/mol. The number of hydrogen-bond acceptors (Lipinski definition) is 2. The van der Waals surface area contributed by atoms with Gasteiger partial charge in [-0.05, 0) is 31.9 Å². The van der Waals surface area contributed by atoms with Crippen molar-refractivity contribution in [3.05, 3.63) is 70.3 Å². The van der Waals surface area contributed by atoms with Crippen molar-refractivity contribution in [1.82, 2.24) is 0 Å². The van der Waals surface area contributed by atoms with Gasteiger partial charge in [-0.25, -0.2) is 8.42 Å². The Hall–Kier alpha value is -1.61. The molecule has 106 valence electrons. The van der Waals surface area contributed by atoms with Crippen LogP contribution < -0.4 is 0 Å². The highest BCUT2D eigenvalue weighted by atomic mass is 32.2. The number of rotatable bonds is 4. The van der Waals surface area contributed by atoms with Gasteiger partial charge in [-0.15, -0.1) is 0 Å². The first-order valence-corrected chi connectivity index (χ1v) is 8.49. The minimum absolute atomic E-state index is 0.0989. The molecule has 0 N–H and O–H groups in total. The Balaban J connectivity index is 2.19. The predicted molar refractivity (Wildman–Crippen MR) is 83.4 cm³/mol. The summed E-state index contributed by atoms with van der Waals surface area (Å²) >= 11 is 0. The van der Waals surface area contributed by atoms with E-state index < -0.39 is 9.84 Å². The van der Waals surface area contributed by atoms with Crippen molar-refractivity contribution < 1.29 is 8.42 Å². The highest BCUT2D eigenvalue weighted by molar-refractivity contribution is 7.89. The summed E-state index contributed by atoms with van der Waals surface area (Å²) in [6.07, 6.45) is 0. The van der Waals surface area contributed by atoms with E-state index in [0.29, 0.717) is 0 Å². The van der Waals surface area contributed by atoms with Crippen LogP contribution in [0.25, 0.3) is 0 Å². The molecule has 2 rings (SSSR count). The van der Waals surface area contributed by atoms with Crippen molar-refractivity contribution in [2.45, 2.75) is 32.3 Å². The predicted octanol–water partition coefficient (Wildman–Crippen LogP) is 3.73. The minimum atomic E-state index is -3.14. The molecule has 0 bridgehead atoms. The van der Waals surface area contributed by atoms with Crippen LogP contribution in [0.1, 0.15) is 27.8 Å². The van der Waals surface area contributed by atoms with Crippen LogP contribution in [-0.2, 0) is 21.3 Å². The lowest BCUT2D eigenvalue weighted by atomic mass is 10.1. The van der Waals surface area contributed by atoms with Gasteiger partial charge in [0.25, 0.3) is 0 Å². The fraction of sp³-hybridized carbons (Fsp3) is 0.294. The van der Waals surface area contributed by atoms with Crippen LogP contribution in [0, 0.1) is 20.8 Å². The van der Waals surface area contributed by atoms with Crippen LogP contribution in [0.4, 0.5) is 0 Å². The second kappa shape index (κ2) is 5.80. The molecule has 0 unspecified atom stereocenters. The van der Waals surface area contributed by atoms with E-state index in [-0.39, 0.29) is 11.5 Å². The van der Waals surface area contributed by atoms with Gasteiger partial charge in [0.2, 0.25) is 0 Å². The van der Waals surface area contributed by atoms with E-state index in [1.54, 1.807) is 0 Å². The van der Waals surface area contributed by atoms with Gasteiger partial charge in [0.1, 0.15) is 0 Å². The van der Waals surface area contributed by atoms with Crippen molar-refractivity contribution in [3.63, 3.8) is 0 Å². The molecular weight excluding hydrogens is 268 g/mol. The molecule has 0 aliphatic carbocycles. The molecule has 0 amide bonds. The van der Waals surface area contributed by atoms with E-state index in [1.807, 2.05) is 57.2 Å². The van der Waals surface area contributed by atoms with Crippen molar-refractivity contribution in [2.75, 3.05) is 0 Å². The molecular formula is C17H20O2S. The standard InChI is InChI=1S/C17H20O2S/c1-13-5-4-6-16(8-13)11-20(18,19)12-17-9-14(2)7-15(3)10-17/h4-10H,11-12H2,1-3H3. The topological polar surface area (TPSA) is 34.1 Å². The van der Waals surface area contributed by atoms with E-state index in [1.165, 1.54) is 0 Å². The minimum Gasteiger partial charge on any atom is -0.228 e. The summed E-state index contributed by atoms with van der Waals surface area (Å²) in [6.45, 7) is 5.95. The zero-order chi connectivity index (χ0) is 14.8. The largest absolute Gasteiger partial charge is 0.228 e. The first kappa shape index (κ1) is 14.8. The van der Waals surface area contributed by atoms with Crippen LogP contribution in [0.15, 0.2) is 42.5 Å². The number of benzene rings is 2. The molecule has 0 aromatic heterocycles. The van der Waals surface area contributed by atoms with Crippen LogP contribution in [0.2, 0.25) is 0 Å². The molecule has 2 nitrogen and oxygen atoms in total. The Labute approximate surface area is 121 Å². The molecule has 0 saturated carbocycles. The van der Waals surface area contributed by atoms with E-state index in [9.17, 15) is 8.42 Å². The van der Waals surface area contributed by atoms with Gasteiger partial charge in [0, 0.05) is 0 Å². The van der Waals surface area contributed by atoms with Gasteiger partial charge in [-0.1, -0.05) is 59.2 Å². The summed E-state index contributed by atoms with van der Waals surface area (Å²) in [5.74, 6) is 0.200. The van der Waals surface area contributed by atoms with Crippen LogP contribution in [0.5, 0.6) is 0 Å². The molecule has 2 aromatic rings. The molecule has 0 aliphatic heterocycles. The third kappa shape index (κ3) is 4.20. The number of sulfone groups is 1. The van der Waals surface area contributed by atoms with Gasteiger partial charge >= 0.3 is 0 Å². The second-order valence-corrected chi connectivity index (χ2v) is 7.58. The summed E-state index contributed by atoms with van der Waals surface area (Å²) in [5.41, 5.74) is 5.02. The monoisotopic (exact) mass is 288 g/mol. The van der Waals surface area contributed by atoms with E-state index in [0.717, 1.165) is 27.8 Å². The lowest BCUT2D eigenvalue weighted by Gasteiger charge is -2.07. The Morgan fingerprint density at radius 2 is 1.30 bits per heavy atom. The molecule has 0 fully saturated rings. The molecule has 0 saturated heterocycles. The maximum absolute atomic E-state index is 12.3. The quantitative estimate of drug-likeness (QED) is 0.859. The van der Waals surface area contributed by atoms with Crippen LogP contribution >= 0.6 is 0 Å². The second-order valence-electron chi connectivity index (χ2n) is 5.52. The summed E-state index contributed by atoms with van der Waals surface area (Å²) in [7, 11) is -3.14. The van der Waals surface area contributed by atoms with Gasteiger partial charge < -0.3 is 0 Å². The molecule has 0 atom stereocenters. The van der Waals surface area contributed by atoms with Crippen molar-refractivity contribution in [1.29, 1.82) is 0 Å². The van der Waals surface area contributed by atoms with Gasteiger partial charge in [-0.3, -0.25) is 0 Å². The smallest absolute Gasteiger partial charge is 0.158 e. The Morgan fingerprint density at radius 3 is 1.90 bits per heavy atom. The summed E-state index contributed by atoms with van der Waals surface area (Å²) < 4.78 is 24.6. The van der Waals surface area contributed by atoms with E-state index in [2.05, 4.69) is 6.07 Å². The number of aryl methyl sites for hydroxylation is 3. The Morgan fingerprint density at radius 1 is 0.750 bits per heavy atom. The van der Waals surface area contributed by atoms with Crippen LogP contribution in [-0.4, -0.2) is 8.42 Å². The van der Waals surface area contributed by atoms with Crippen molar-refractivity contribution in [3.8, 4) is 0 Å². The average Bonchev–Trinajstić information content (AvgIpc) is 2.25. The molecule has 0 aliphatic rings. The summed E-state index contributed by atoms with van der Waals surface area (Å²) in [4.78, 5) is 0. The third-order valence-electron chi connectivity index (χ3n) is 3.14. The van der Waals surface area contributed by atoms with Gasteiger partial charge in [0.15, 0.2) is 9.84 Å². The van der Waals surface area contributed by atoms with Crippen LogP contribution in [0.3, 0.4) is 0 Å². The molecule has 3 heteroatoms. The molecule has 20 heavy (non-hydrogen) atoms. The lowest BCUT2D eigenvalue weighted by molar-refractivity contribution is 0.594. The Kier molecular flexibility index (Phi) is 4.29. The fourth-order valence-corrected chi connectivity index (χ4v) is 3.98. The number of hydrogen-bond donors (Lipinski definition) is 0. The molecule has 0 heterocycles. The highest BCUT2D eigenvalue weighted by Crippen LogP contribution is 2.16. The van der Waals surface area contributed by atoms with Crippen molar-refractivity contribution >= 4 is 9.84 Å². The normalized spacial score (nSPS) is 11.6. The third-order valence-corrected chi connectivity index (χ3v) is 4.68. The Bertz CT molecular complexity index is 695. The van der Waals surface area contributed by atoms with E-state index >= 15 is 0 Å². The van der Waals surface area contributed by atoms with Gasteiger partial charge in [-0.2, -0.15) is 0 Å². The maximum Gasteiger partial charge on any atom is 0.158 e. The van der Waals surface area contributed by atoms with Gasteiger partial charge in [0.05, 0.1) is 11.5 Å². The molecule has 0 spiro atoms. The maximum atomic E-state index is 12.3. The zero-order valence-electron chi connectivity index (χ0n) is 12.2. The SMILES string of the molecule is Cc1cccc(CS(=O)(=O)Cc2cc(C)cc(C)c2)c1. The first-order valence-electron chi connectivity index (χ1n) is 6.67. The molecule has 0 radical (unpaired) electrons. The molecule has 2 aromatic carbocycles. The fourth-order valence-electron chi connectivity index (χ4n) is 2.51. The van der Waals surface area contributed by atoms with E-state index in [4.69, 9.17) is 0 Å². The summed E-state index contributed by atoms with van der Waals surface area (Å²) in [6, 6.07) is 13.6. The van der Waals surface area contributed by atoms with Crippen molar-refractivity contribution in [2.24, 2.45) is 0 Å².